The van der Waals surface area contributed by atoms with Crippen LogP contribution >= 0.6 is 11.6 Å². The summed E-state index contributed by atoms with van der Waals surface area (Å²) in [7, 11) is 0. The van der Waals surface area contributed by atoms with E-state index >= 15 is 0 Å². The Morgan fingerprint density at radius 2 is 1.76 bits per heavy atom. The van der Waals surface area contributed by atoms with E-state index < -0.39 is 12.1 Å². The van der Waals surface area contributed by atoms with E-state index in [0.29, 0.717) is 23.4 Å². The molecule has 4 aromatic rings. The smallest absolute Gasteiger partial charge is 0.336 e. The normalized spacial score (nSPS) is 11.9. The predicted molar refractivity (Wildman–Crippen MR) is 132 cm³/mol. The van der Waals surface area contributed by atoms with Gasteiger partial charge in [-0.15, -0.1) is 0 Å². The molecule has 0 saturated carbocycles. The van der Waals surface area contributed by atoms with Crippen LogP contribution in [0.3, 0.4) is 0 Å². The van der Waals surface area contributed by atoms with Crippen molar-refractivity contribution in [3.63, 3.8) is 0 Å². The van der Waals surface area contributed by atoms with Gasteiger partial charge in [0.1, 0.15) is 0 Å². The van der Waals surface area contributed by atoms with E-state index in [2.05, 4.69) is 11.1 Å². The van der Waals surface area contributed by atoms with E-state index in [1.54, 1.807) is 18.2 Å². The number of carboxylic acids is 1. The minimum Gasteiger partial charge on any atom is -0.478 e. The molecule has 5 nitrogen and oxygen atoms in total. The van der Waals surface area contributed by atoms with Crippen molar-refractivity contribution in [3.05, 3.63) is 112 Å². The van der Waals surface area contributed by atoms with Crippen molar-refractivity contribution < 1.29 is 20.5 Å². The van der Waals surface area contributed by atoms with Crippen molar-refractivity contribution in [1.82, 2.24) is 4.98 Å². The maximum absolute atomic E-state index is 11.4. The van der Waals surface area contributed by atoms with Gasteiger partial charge in [-0.25, -0.2) is 9.78 Å². The van der Waals surface area contributed by atoms with Gasteiger partial charge in [-0.1, -0.05) is 72.3 Å². The van der Waals surface area contributed by atoms with E-state index in [1.807, 2.05) is 60.7 Å². The molecule has 1 atom stereocenters. The predicted octanol–water partition coefficient (Wildman–Crippen LogP) is 5.60. The highest BCUT2D eigenvalue weighted by Crippen LogP contribution is 2.24. The highest BCUT2D eigenvalue weighted by molar-refractivity contribution is 6.31. The zero-order valence-electron chi connectivity index (χ0n) is 17.8. The number of hydrogen-bond acceptors (Lipinski definition) is 3. The number of rotatable bonds is 7. The number of hydrogen-bond donors (Lipinski definition) is 2. The summed E-state index contributed by atoms with van der Waals surface area (Å²) >= 11 is 6.07. The van der Waals surface area contributed by atoms with E-state index in [1.165, 1.54) is 6.07 Å². The maximum Gasteiger partial charge on any atom is 0.336 e. The molecule has 4 rings (SSSR count). The molecule has 0 bridgehead atoms. The zero-order chi connectivity index (χ0) is 22.5. The first-order valence-corrected chi connectivity index (χ1v) is 10.7. The number of carboxylic acid groups (broad SMARTS) is 1. The van der Waals surface area contributed by atoms with Crippen LogP contribution in [0.4, 0.5) is 0 Å². The quantitative estimate of drug-likeness (QED) is 0.374. The monoisotopic (exact) mass is 461 g/mol. The lowest BCUT2D eigenvalue weighted by molar-refractivity contribution is 0.0688. The number of nitrogens with zero attached hydrogens (tertiary/aromatic N) is 1. The second kappa shape index (κ2) is 10.9. The molecule has 1 heterocycles. The van der Waals surface area contributed by atoms with Crippen LogP contribution in [0, 0.1) is 0 Å². The van der Waals surface area contributed by atoms with Gasteiger partial charge in [-0.05, 0) is 59.9 Å². The summed E-state index contributed by atoms with van der Waals surface area (Å²) in [5, 5.41) is 21.6. The minimum absolute atomic E-state index is 0. The van der Waals surface area contributed by atoms with Gasteiger partial charge >= 0.3 is 5.97 Å². The molecule has 3 aromatic carbocycles. The van der Waals surface area contributed by atoms with Crippen LogP contribution in [0.1, 0.15) is 45.3 Å². The lowest BCUT2D eigenvalue weighted by Gasteiger charge is -2.13. The van der Waals surface area contributed by atoms with Crippen LogP contribution in [-0.4, -0.2) is 26.6 Å². The third-order valence-electron chi connectivity index (χ3n) is 5.33. The second-order valence-corrected chi connectivity index (χ2v) is 8.03. The molecule has 0 radical (unpaired) electrons. The Morgan fingerprint density at radius 1 is 0.970 bits per heavy atom. The van der Waals surface area contributed by atoms with Gasteiger partial charge in [0.2, 0.25) is 0 Å². The largest absolute Gasteiger partial charge is 0.478 e. The Labute approximate surface area is 196 Å². The van der Waals surface area contributed by atoms with Crippen LogP contribution in [-0.2, 0) is 6.42 Å². The summed E-state index contributed by atoms with van der Waals surface area (Å²) in [5.41, 5.74) is 4.36. The van der Waals surface area contributed by atoms with Crippen molar-refractivity contribution in [2.75, 3.05) is 0 Å². The summed E-state index contributed by atoms with van der Waals surface area (Å²) < 4.78 is 0. The van der Waals surface area contributed by atoms with Crippen LogP contribution in [0.25, 0.3) is 23.1 Å². The first-order chi connectivity index (χ1) is 15.5. The van der Waals surface area contributed by atoms with Crippen LogP contribution in [0.2, 0.25) is 5.02 Å². The molecule has 33 heavy (non-hydrogen) atoms. The van der Waals surface area contributed by atoms with Crippen molar-refractivity contribution in [2.45, 2.75) is 18.9 Å². The van der Waals surface area contributed by atoms with Gasteiger partial charge in [0.15, 0.2) is 0 Å². The number of aliphatic hydroxyl groups is 1. The van der Waals surface area contributed by atoms with Gasteiger partial charge in [-0.2, -0.15) is 0 Å². The number of aromatic nitrogens is 1. The van der Waals surface area contributed by atoms with E-state index in [-0.39, 0.29) is 11.0 Å². The van der Waals surface area contributed by atoms with Crippen molar-refractivity contribution in [1.29, 1.82) is 0 Å². The van der Waals surface area contributed by atoms with E-state index in [0.717, 1.165) is 27.7 Å². The summed E-state index contributed by atoms with van der Waals surface area (Å²) in [4.78, 5) is 16.0. The minimum atomic E-state index is -1.03. The molecular formula is C27H24ClNO4. The molecule has 0 aliphatic carbocycles. The van der Waals surface area contributed by atoms with Gasteiger partial charge in [0, 0.05) is 10.4 Å². The highest BCUT2D eigenvalue weighted by Gasteiger charge is 2.16. The van der Waals surface area contributed by atoms with Crippen LogP contribution in [0.5, 0.6) is 0 Å². The Hall–Kier alpha value is -3.51. The fraction of sp³-hybridized carbons (Fsp3) is 0.111. The topological polar surface area (TPSA) is 102 Å². The summed E-state index contributed by atoms with van der Waals surface area (Å²) in [6.45, 7) is 0. The lowest BCUT2D eigenvalue weighted by atomic mass is 9.96. The molecule has 0 amide bonds. The molecule has 0 aliphatic rings. The highest BCUT2D eigenvalue weighted by atomic mass is 35.5. The number of halogens is 1. The van der Waals surface area contributed by atoms with Crippen molar-refractivity contribution in [2.24, 2.45) is 0 Å². The summed E-state index contributed by atoms with van der Waals surface area (Å²) in [6, 6.07) is 24.3. The molecule has 0 spiro atoms. The number of fused-ring (bicyclic) bond motifs is 1. The summed E-state index contributed by atoms with van der Waals surface area (Å²) in [6.07, 6.45) is 4.18. The first-order valence-electron chi connectivity index (χ1n) is 10.3. The third-order valence-corrected chi connectivity index (χ3v) is 5.57. The van der Waals surface area contributed by atoms with Crippen LogP contribution in [0.15, 0.2) is 78.9 Å². The number of aliphatic hydroxyl groups excluding tert-OH is 1. The van der Waals surface area contributed by atoms with Crippen molar-refractivity contribution >= 4 is 40.6 Å². The average Bonchev–Trinajstić information content (AvgIpc) is 2.81. The Morgan fingerprint density at radius 3 is 2.58 bits per heavy atom. The maximum atomic E-state index is 11.4. The first kappa shape index (κ1) is 24.1. The number of pyridine rings is 1. The van der Waals surface area contributed by atoms with Gasteiger partial charge in [0.25, 0.3) is 0 Å². The van der Waals surface area contributed by atoms with Gasteiger partial charge in [-0.3, -0.25) is 0 Å². The molecule has 0 aliphatic heterocycles. The molecule has 6 heteroatoms. The Kier molecular flexibility index (Phi) is 7.96. The number of benzene rings is 3. The van der Waals surface area contributed by atoms with Crippen molar-refractivity contribution in [3.8, 4) is 0 Å². The van der Waals surface area contributed by atoms with E-state index in [9.17, 15) is 15.0 Å². The Bertz CT molecular complexity index is 1300. The molecule has 0 fully saturated rings. The zero-order valence-corrected chi connectivity index (χ0v) is 18.5. The Balaban J connectivity index is 0.00000306. The lowest BCUT2D eigenvalue weighted by Crippen LogP contribution is -2.08. The molecule has 4 N–H and O–H groups in total. The number of aryl methyl sites for hydroxylation is 1. The third kappa shape index (κ3) is 6.05. The van der Waals surface area contributed by atoms with E-state index in [4.69, 9.17) is 11.6 Å². The number of carbonyl (C=O) groups is 1. The molecule has 168 valence electrons. The number of aromatic carboxylic acids is 1. The fourth-order valence-electron chi connectivity index (χ4n) is 3.67. The molecule has 0 unspecified atom stereocenters. The second-order valence-electron chi connectivity index (χ2n) is 7.60. The molecule has 0 saturated heterocycles. The SMILES string of the molecule is O.O=C(O)c1ccccc1[C@@H](O)CCc1cccc(/C=C/c2ccc3ccc(Cl)cc3n2)c1. The fourth-order valence-corrected chi connectivity index (χ4v) is 3.84. The molecule has 1 aromatic heterocycles. The van der Waals surface area contributed by atoms with Gasteiger partial charge in [0.05, 0.1) is 22.9 Å². The van der Waals surface area contributed by atoms with Gasteiger partial charge < -0.3 is 15.7 Å². The van der Waals surface area contributed by atoms with Crippen LogP contribution < -0.4 is 0 Å². The molecular weight excluding hydrogens is 438 g/mol. The standard InChI is InChI=1S/C27H22ClNO3.H2O/c28-21-12-10-20-11-14-22(29-25(20)17-21)13-8-18-4-3-5-19(16-18)9-15-26(30)23-6-1-2-7-24(23)27(31)32;/h1-8,10-14,16-17,26,30H,9,15H2,(H,31,32);1H2/b13-8+;/t26-;/m0./s1. The summed E-state index contributed by atoms with van der Waals surface area (Å²) in [5.74, 6) is -1.03. The average molecular weight is 462 g/mol.